The van der Waals surface area contributed by atoms with Crippen LogP contribution in [0.2, 0.25) is 0 Å². The molecule has 1 aliphatic rings. The van der Waals surface area contributed by atoms with Gasteiger partial charge in [0.1, 0.15) is 4.88 Å². The van der Waals surface area contributed by atoms with Crippen molar-refractivity contribution in [1.82, 2.24) is 4.98 Å². The molecule has 19 heavy (non-hydrogen) atoms. The minimum atomic E-state index is -0.841. The highest BCUT2D eigenvalue weighted by Gasteiger charge is 2.28. The molecule has 106 valence electrons. The zero-order chi connectivity index (χ0) is 14.0. The van der Waals surface area contributed by atoms with Crippen molar-refractivity contribution < 1.29 is 9.90 Å². The maximum atomic E-state index is 11.2. The Hall–Kier alpha value is -1.10. The summed E-state index contributed by atoms with van der Waals surface area (Å²) < 4.78 is 0. The zero-order valence-electron chi connectivity index (χ0n) is 11.8. The zero-order valence-corrected chi connectivity index (χ0v) is 12.7. The third kappa shape index (κ3) is 3.08. The van der Waals surface area contributed by atoms with Gasteiger partial charge in [0.2, 0.25) is 0 Å². The number of carboxylic acids is 1. The fourth-order valence-electron chi connectivity index (χ4n) is 2.55. The Kier molecular flexibility index (Phi) is 4.45. The smallest absolute Gasteiger partial charge is 0.347 e. The topological polar surface area (TPSA) is 53.4 Å². The molecule has 1 aromatic heterocycles. The molecule has 0 aromatic carbocycles. The summed E-state index contributed by atoms with van der Waals surface area (Å²) in [5.41, 5.74) is 0.753. The molecule has 1 atom stereocenters. The van der Waals surface area contributed by atoms with E-state index in [0.717, 1.165) is 36.8 Å². The average Bonchev–Trinajstić information content (AvgIpc) is 2.94. The Balaban J connectivity index is 2.17. The van der Waals surface area contributed by atoms with Gasteiger partial charge in [-0.25, -0.2) is 9.78 Å². The molecule has 0 bridgehead atoms. The largest absolute Gasteiger partial charge is 0.477 e. The number of aromatic carboxylic acids is 1. The number of nitrogens with zero attached hydrogens (tertiary/aromatic N) is 2. The van der Waals surface area contributed by atoms with Crippen LogP contribution in [-0.4, -0.2) is 29.1 Å². The number of rotatable bonds is 5. The first-order chi connectivity index (χ1) is 9.02. The summed E-state index contributed by atoms with van der Waals surface area (Å²) in [4.78, 5) is 18.5. The summed E-state index contributed by atoms with van der Waals surface area (Å²) in [7, 11) is 0. The second kappa shape index (κ2) is 5.90. The van der Waals surface area contributed by atoms with Crippen LogP contribution in [0.25, 0.3) is 0 Å². The van der Waals surface area contributed by atoms with Crippen LogP contribution in [0.5, 0.6) is 0 Å². The number of aryl methyl sites for hydroxylation is 1. The molecule has 5 heteroatoms. The van der Waals surface area contributed by atoms with E-state index in [1.807, 2.05) is 0 Å². The Morgan fingerprint density at radius 1 is 1.58 bits per heavy atom. The SMILES string of the molecule is CCCc1nc(N2CCC(C(C)C)C2)sc1C(=O)O. The van der Waals surface area contributed by atoms with Gasteiger partial charge in [-0.15, -0.1) is 0 Å². The molecule has 2 heterocycles. The fraction of sp³-hybridized carbons (Fsp3) is 0.714. The van der Waals surface area contributed by atoms with Crippen LogP contribution in [0, 0.1) is 11.8 Å². The lowest BCUT2D eigenvalue weighted by Crippen LogP contribution is -2.20. The molecule has 0 amide bonds. The molecule has 1 unspecified atom stereocenters. The molecule has 0 spiro atoms. The van der Waals surface area contributed by atoms with Gasteiger partial charge in [0, 0.05) is 13.1 Å². The summed E-state index contributed by atoms with van der Waals surface area (Å²) in [6.07, 6.45) is 2.86. The van der Waals surface area contributed by atoms with Crippen LogP contribution in [0.15, 0.2) is 0 Å². The van der Waals surface area contributed by atoms with E-state index < -0.39 is 5.97 Å². The van der Waals surface area contributed by atoms with Crippen LogP contribution in [0.4, 0.5) is 5.13 Å². The van der Waals surface area contributed by atoms with E-state index in [1.165, 1.54) is 17.8 Å². The predicted molar refractivity (Wildman–Crippen MR) is 78.2 cm³/mol. The van der Waals surface area contributed by atoms with E-state index in [4.69, 9.17) is 0 Å². The standard InChI is InChI=1S/C14H22N2O2S/c1-4-5-11-12(13(17)18)19-14(15-11)16-7-6-10(8-16)9(2)3/h9-10H,4-8H2,1-3H3,(H,17,18). The van der Waals surface area contributed by atoms with E-state index in [9.17, 15) is 9.90 Å². The van der Waals surface area contributed by atoms with Gasteiger partial charge in [0.05, 0.1) is 5.69 Å². The van der Waals surface area contributed by atoms with E-state index in [0.29, 0.717) is 16.7 Å². The van der Waals surface area contributed by atoms with E-state index >= 15 is 0 Å². The van der Waals surface area contributed by atoms with Crippen molar-refractivity contribution >= 4 is 22.4 Å². The first-order valence-corrected chi connectivity index (χ1v) is 7.82. The molecule has 4 nitrogen and oxygen atoms in total. The van der Waals surface area contributed by atoms with Crippen molar-refractivity contribution in [3.8, 4) is 0 Å². The van der Waals surface area contributed by atoms with Gasteiger partial charge in [-0.05, 0) is 24.7 Å². The monoisotopic (exact) mass is 282 g/mol. The van der Waals surface area contributed by atoms with E-state index in [-0.39, 0.29) is 0 Å². The lowest BCUT2D eigenvalue weighted by molar-refractivity contribution is 0.0700. The fourth-order valence-corrected chi connectivity index (χ4v) is 3.54. The summed E-state index contributed by atoms with van der Waals surface area (Å²) in [5.74, 6) is 0.539. The van der Waals surface area contributed by atoms with Gasteiger partial charge in [-0.2, -0.15) is 0 Å². The molecule has 0 aliphatic carbocycles. The highest BCUT2D eigenvalue weighted by molar-refractivity contribution is 7.17. The third-order valence-electron chi connectivity index (χ3n) is 3.81. The number of carbonyl (C=O) groups is 1. The molecular formula is C14H22N2O2S. The van der Waals surface area contributed by atoms with Gasteiger partial charge in [-0.3, -0.25) is 0 Å². The van der Waals surface area contributed by atoms with Crippen LogP contribution in [0.1, 0.15) is 49.0 Å². The molecule has 1 fully saturated rings. The van der Waals surface area contributed by atoms with E-state index in [2.05, 4.69) is 30.7 Å². The summed E-state index contributed by atoms with van der Waals surface area (Å²) in [6.45, 7) is 8.56. The molecule has 0 saturated carbocycles. The van der Waals surface area contributed by atoms with Gasteiger partial charge in [0.15, 0.2) is 5.13 Å². The van der Waals surface area contributed by atoms with Crippen molar-refractivity contribution in [3.63, 3.8) is 0 Å². The Bertz CT molecular complexity index is 456. The number of thiazole rings is 1. The first kappa shape index (κ1) is 14.3. The van der Waals surface area contributed by atoms with Crippen molar-refractivity contribution in [2.45, 2.75) is 40.0 Å². The molecular weight excluding hydrogens is 260 g/mol. The lowest BCUT2D eigenvalue weighted by Gasteiger charge is -2.16. The number of hydrogen-bond donors (Lipinski definition) is 1. The highest BCUT2D eigenvalue weighted by Crippen LogP contribution is 2.33. The maximum Gasteiger partial charge on any atom is 0.347 e. The predicted octanol–water partition coefficient (Wildman–Crippen LogP) is 3.28. The maximum absolute atomic E-state index is 11.2. The second-order valence-electron chi connectivity index (χ2n) is 5.57. The Labute approximate surface area is 118 Å². The number of carboxylic acid groups (broad SMARTS) is 1. The van der Waals surface area contributed by atoms with E-state index in [1.54, 1.807) is 0 Å². The van der Waals surface area contributed by atoms with Gasteiger partial charge < -0.3 is 10.0 Å². The summed E-state index contributed by atoms with van der Waals surface area (Å²) in [5, 5.41) is 10.1. The van der Waals surface area contributed by atoms with Crippen LogP contribution in [0.3, 0.4) is 0 Å². The number of anilines is 1. The van der Waals surface area contributed by atoms with Crippen molar-refractivity contribution in [1.29, 1.82) is 0 Å². The molecule has 1 aliphatic heterocycles. The first-order valence-electron chi connectivity index (χ1n) is 7.00. The number of aromatic nitrogens is 1. The molecule has 2 rings (SSSR count). The molecule has 1 N–H and O–H groups in total. The Morgan fingerprint density at radius 3 is 2.84 bits per heavy atom. The van der Waals surface area contributed by atoms with Crippen molar-refractivity contribution in [2.75, 3.05) is 18.0 Å². The van der Waals surface area contributed by atoms with Crippen LogP contribution < -0.4 is 4.90 Å². The van der Waals surface area contributed by atoms with Crippen molar-refractivity contribution in [3.05, 3.63) is 10.6 Å². The third-order valence-corrected chi connectivity index (χ3v) is 4.95. The minimum Gasteiger partial charge on any atom is -0.477 e. The van der Waals surface area contributed by atoms with Gasteiger partial charge in [-0.1, -0.05) is 38.5 Å². The Morgan fingerprint density at radius 2 is 2.32 bits per heavy atom. The lowest BCUT2D eigenvalue weighted by atomic mass is 9.95. The summed E-state index contributed by atoms with van der Waals surface area (Å²) >= 11 is 1.33. The molecule has 1 aromatic rings. The number of hydrogen-bond acceptors (Lipinski definition) is 4. The highest BCUT2D eigenvalue weighted by atomic mass is 32.1. The van der Waals surface area contributed by atoms with Gasteiger partial charge in [0.25, 0.3) is 0 Å². The van der Waals surface area contributed by atoms with Crippen LogP contribution in [-0.2, 0) is 6.42 Å². The quantitative estimate of drug-likeness (QED) is 0.900. The van der Waals surface area contributed by atoms with Crippen LogP contribution >= 0.6 is 11.3 Å². The average molecular weight is 282 g/mol. The summed E-state index contributed by atoms with van der Waals surface area (Å²) in [6, 6.07) is 0. The molecule has 1 saturated heterocycles. The second-order valence-corrected chi connectivity index (χ2v) is 6.54. The molecule has 0 radical (unpaired) electrons. The minimum absolute atomic E-state index is 0.421. The van der Waals surface area contributed by atoms with Crippen molar-refractivity contribution in [2.24, 2.45) is 11.8 Å². The van der Waals surface area contributed by atoms with Gasteiger partial charge >= 0.3 is 5.97 Å². The normalized spacial score (nSPS) is 19.4.